The van der Waals surface area contributed by atoms with Crippen molar-refractivity contribution in [3.05, 3.63) is 58.7 Å². The molecule has 4 heterocycles. The minimum absolute atomic E-state index is 0.570. The van der Waals surface area contributed by atoms with Crippen molar-refractivity contribution < 1.29 is 0 Å². The summed E-state index contributed by atoms with van der Waals surface area (Å²) in [6.07, 6.45) is 2.30. The molecule has 0 amide bonds. The lowest BCUT2D eigenvalue weighted by Gasteiger charge is -2.29. The summed E-state index contributed by atoms with van der Waals surface area (Å²) >= 11 is 1.50. The molecule has 1 aliphatic heterocycles. The number of nitrogens with zero attached hydrogens (tertiary/aromatic N) is 6. The van der Waals surface area contributed by atoms with E-state index in [1.165, 1.54) is 17.7 Å². The third-order valence-corrected chi connectivity index (χ3v) is 5.87. The van der Waals surface area contributed by atoms with E-state index in [9.17, 15) is 5.26 Å². The maximum absolute atomic E-state index is 9.35. The molecule has 0 aliphatic carbocycles. The molecular formula is C19H15N7S. The fraction of sp³-hybridized carbons (Fsp3) is 0.158. The smallest absolute Gasteiger partial charge is 0.254 e. The second kappa shape index (κ2) is 6.07. The summed E-state index contributed by atoms with van der Waals surface area (Å²) in [5.41, 5.74) is 9.65. The molecule has 132 valence electrons. The molecular weight excluding hydrogens is 358 g/mol. The molecule has 4 aromatic rings. The molecule has 0 fully saturated rings. The lowest BCUT2D eigenvalue weighted by Crippen LogP contribution is -2.31. The molecule has 0 spiro atoms. The van der Waals surface area contributed by atoms with E-state index in [2.05, 4.69) is 26.0 Å². The fourth-order valence-electron chi connectivity index (χ4n) is 3.52. The highest BCUT2D eigenvalue weighted by molar-refractivity contribution is 7.16. The molecule has 1 aromatic carbocycles. The van der Waals surface area contributed by atoms with Crippen LogP contribution < -0.4 is 10.6 Å². The van der Waals surface area contributed by atoms with Gasteiger partial charge in [-0.05, 0) is 12.0 Å². The first-order valence-corrected chi connectivity index (χ1v) is 9.37. The van der Waals surface area contributed by atoms with Gasteiger partial charge in [-0.2, -0.15) is 19.9 Å². The Balaban J connectivity index is 1.61. The summed E-state index contributed by atoms with van der Waals surface area (Å²) in [4.78, 5) is 12.3. The van der Waals surface area contributed by atoms with Gasteiger partial charge in [0.2, 0.25) is 0 Å². The van der Waals surface area contributed by atoms with Crippen molar-refractivity contribution in [3.63, 3.8) is 0 Å². The Bertz CT molecular complexity index is 1190. The average molecular weight is 373 g/mol. The number of hydrogen-bond acceptors (Lipinski definition) is 7. The van der Waals surface area contributed by atoms with Crippen LogP contribution in [0.1, 0.15) is 16.0 Å². The van der Waals surface area contributed by atoms with Crippen molar-refractivity contribution in [2.75, 3.05) is 17.2 Å². The fourth-order valence-corrected chi connectivity index (χ4v) is 4.61. The van der Waals surface area contributed by atoms with Crippen LogP contribution >= 0.6 is 11.3 Å². The van der Waals surface area contributed by atoms with Crippen molar-refractivity contribution in [3.8, 4) is 17.3 Å². The summed E-state index contributed by atoms with van der Waals surface area (Å²) in [7, 11) is 0. The molecule has 0 saturated carbocycles. The monoisotopic (exact) mass is 373 g/mol. The average Bonchev–Trinajstić information content (AvgIpc) is 3.30. The Kier molecular flexibility index (Phi) is 3.55. The molecule has 0 atom stereocenters. The van der Waals surface area contributed by atoms with Crippen LogP contribution in [0.4, 0.5) is 10.8 Å². The second-order valence-electron chi connectivity index (χ2n) is 6.36. The molecule has 0 radical (unpaired) electrons. The van der Waals surface area contributed by atoms with Gasteiger partial charge in [0, 0.05) is 23.1 Å². The number of anilines is 2. The van der Waals surface area contributed by atoms with E-state index in [4.69, 9.17) is 5.73 Å². The topological polar surface area (TPSA) is 96.1 Å². The number of nitriles is 1. The Morgan fingerprint density at radius 3 is 2.89 bits per heavy atom. The molecule has 0 bridgehead atoms. The summed E-state index contributed by atoms with van der Waals surface area (Å²) in [5.74, 6) is 1.51. The van der Waals surface area contributed by atoms with Crippen LogP contribution in [-0.2, 0) is 13.0 Å². The molecule has 0 saturated heterocycles. The summed E-state index contributed by atoms with van der Waals surface area (Å²) in [6, 6.07) is 14.3. The van der Waals surface area contributed by atoms with Gasteiger partial charge in [-0.3, -0.25) is 0 Å². The largest absolute Gasteiger partial charge is 0.389 e. The number of thiophene rings is 1. The zero-order valence-electron chi connectivity index (χ0n) is 14.3. The lowest BCUT2D eigenvalue weighted by molar-refractivity contribution is 0.712. The van der Waals surface area contributed by atoms with E-state index in [-0.39, 0.29) is 0 Å². The van der Waals surface area contributed by atoms with Crippen LogP contribution in [0.5, 0.6) is 0 Å². The third-order valence-electron chi connectivity index (χ3n) is 4.82. The van der Waals surface area contributed by atoms with E-state index >= 15 is 0 Å². The van der Waals surface area contributed by atoms with Gasteiger partial charge < -0.3 is 10.6 Å². The van der Waals surface area contributed by atoms with Gasteiger partial charge >= 0.3 is 0 Å². The van der Waals surface area contributed by atoms with Crippen molar-refractivity contribution in [2.24, 2.45) is 0 Å². The SMILES string of the molecule is N#Cc1c(N)sc2c1CCN(c1cc(-c3ccccc3)nc3ncnn13)C2. The van der Waals surface area contributed by atoms with Crippen molar-refractivity contribution in [2.45, 2.75) is 13.0 Å². The number of fused-ring (bicyclic) bond motifs is 2. The van der Waals surface area contributed by atoms with Crippen LogP contribution in [0.15, 0.2) is 42.7 Å². The number of rotatable bonds is 2. The highest BCUT2D eigenvalue weighted by Gasteiger charge is 2.25. The molecule has 7 nitrogen and oxygen atoms in total. The summed E-state index contributed by atoms with van der Waals surface area (Å²) < 4.78 is 1.76. The first kappa shape index (κ1) is 15.8. The zero-order chi connectivity index (χ0) is 18.4. The van der Waals surface area contributed by atoms with E-state index in [0.29, 0.717) is 22.9 Å². The van der Waals surface area contributed by atoms with Crippen molar-refractivity contribution in [1.82, 2.24) is 19.6 Å². The quantitative estimate of drug-likeness (QED) is 0.580. The molecule has 3 aromatic heterocycles. The van der Waals surface area contributed by atoms with Crippen LogP contribution in [-0.4, -0.2) is 26.1 Å². The van der Waals surface area contributed by atoms with Crippen LogP contribution in [0, 0.1) is 11.3 Å². The molecule has 1 aliphatic rings. The van der Waals surface area contributed by atoms with Crippen molar-refractivity contribution in [1.29, 1.82) is 5.26 Å². The number of nitrogen functional groups attached to an aromatic ring is 1. The first-order chi connectivity index (χ1) is 13.2. The maximum atomic E-state index is 9.35. The standard InChI is InChI=1S/C19H15N7S/c20-9-14-13-6-7-25(10-16(13)27-18(14)21)17-8-15(12-4-2-1-3-5-12)24-19-22-11-23-26(17)19/h1-5,8,11H,6-7,10,21H2. The number of benzene rings is 1. The van der Waals surface area contributed by atoms with Gasteiger partial charge in [-0.1, -0.05) is 30.3 Å². The minimum Gasteiger partial charge on any atom is -0.389 e. The number of nitrogens with two attached hydrogens (primary N) is 1. The molecule has 27 heavy (non-hydrogen) atoms. The van der Waals surface area contributed by atoms with E-state index in [1.807, 2.05) is 36.4 Å². The van der Waals surface area contributed by atoms with Gasteiger partial charge in [-0.15, -0.1) is 11.3 Å². The van der Waals surface area contributed by atoms with Gasteiger partial charge in [-0.25, -0.2) is 4.98 Å². The number of hydrogen-bond donors (Lipinski definition) is 1. The van der Waals surface area contributed by atoms with E-state index < -0.39 is 0 Å². The minimum atomic E-state index is 0.570. The summed E-state index contributed by atoms with van der Waals surface area (Å²) in [6.45, 7) is 1.48. The highest BCUT2D eigenvalue weighted by atomic mass is 32.1. The molecule has 0 unspecified atom stereocenters. The zero-order valence-corrected chi connectivity index (χ0v) is 15.1. The van der Waals surface area contributed by atoms with Gasteiger partial charge in [0.1, 0.15) is 23.2 Å². The third kappa shape index (κ3) is 2.52. The van der Waals surface area contributed by atoms with Crippen LogP contribution in [0.25, 0.3) is 17.0 Å². The predicted octanol–water partition coefficient (Wildman–Crippen LogP) is 2.87. The van der Waals surface area contributed by atoms with Crippen LogP contribution in [0.2, 0.25) is 0 Å². The van der Waals surface area contributed by atoms with E-state index in [1.54, 1.807) is 4.52 Å². The lowest BCUT2D eigenvalue weighted by atomic mass is 10.0. The van der Waals surface area contributed by atoms with Gasteiger partial charge in [0.25, 0.3) is 5.78 Å². The van der Waals surface area contributed by atoms with E-state index in [0.717, 1.165) is 40.5 Å². The Hall–Kier alpha value is -3.44. The maximum Gasteiger partial charge on any atom is 0.254 e. The molecule has 8 heteroatoms. The Labute approximate surface area is 159 Å². The Morgan fingerprint density at radius 1 is 1.22 bits per heavy atom. The molecule has 5 rings (SSSR count). The Morgan fingerprint density at radius 2 is 2.07 bits per heavy atom. The van der Waals surface area contributed by atoms with Gasteiger partial charge in [0.15, 0.2) is 0 Å². The normalized spacial score (nSPS) is 13.5. The number of aromatic nitrogens is 4. The summed E-state index contributed by atoms with van der Waals surface area (Å²) in [5, 5.41) is 14.3. The van der Waals surface area contributed by atoms with Gasteiger partial charge in [0.05, 0.1) is 17.8 Å². The van der Waals surface area contributed by atoms with Crippen LogP contribution in [0.3, 0.4) is 0 Å². The highest BCUT2D eigenvalue weighted by Crippen LogP contribution is 2.36. The first-order valence-electron chi connectivity index (χ1n) is 8.56. The predicted molar refractivity (Wildman–Crippen MR) is 104 cm³/mol. The molecule has 2 N–H and O–H groups in total. The van der Waals surface area contributed by atoms with Crippen molar-refractivity contribution >= 4 is 27.9 Å². The second-order valence-corrected chi connectivity index (χ2v) is 7.50.